The van der Waals surface area contributed by atoms with Gasteiger partial charge in [0.1, 0.15) is 0 Å². The fraction of sp³-hybridized carbons (Fsp3) is 0.889. The summed E-state index contributed by atoms with van der Waals surface area (Å²) in [4.78, 5) is 13.1. The van der Waals surface area contributed by atoms with Gasteiger partial charge in [0, 0.05) is 19.1 Å². The van der Waals surface area contributed by atoms with E-state index >= 15 is 0 Å². The quantitative estimate of drug-likeness (QED) is 0.598. The maximum atomic E-state index is 11.0. The van der Waals surface area contributed by atoms with Gasteiger partial charge in [-0.25, -0.2) is 0 Å². The lowest BCUT2D eigenvalue weighted by atomic mass is 10.3. The molecule has 0 saturated heterocycles. The highest BCUT2D eigenvalue weighted by molar-refractivity contribution is 5.77. The number of hydrogen-bond donors (Lipinski definition) is 2. The first-order chi connectivity index (χ1) is 6.06. The fourth-order valence-corrected chi connectivity index (χ4v) is 1.14. The first-order valence-electron chi connectivity index (χ1n) is 4.71. The summed E-state index contributed by atoms with van der Waals surface area (Å²) < 4.78 is 0. The van der Waals surface area contributed by atoms with Crippen LogP contribution in [0.5, 0.6) is 0 Å². The summed E-state index contributed by atoms with van der Waals surface area (Å²) >= 11 is 0. The Labute approximate surface area is 80.7 Å². The van der Waals surface area contributed by atoms with Gasteiger partial charge in [-0.1, -0.05) is 0 Å². The largest absolute Gasteiger partial charge is 0.355 e. The molecule has 0 aromatic heterocycles. The molecule has 0 aliphatic carbocycles. The zero-order valence-electron chi connectivity index (χ0n) is 9.05. The highest BCUT2D eigenvalue weighted by Gasteiger charge is 2.04. The predicted octanol–water partition coefficient (Wildman–Crippen LogP) is -0.338. The van der Waals surface area contributed by atoms with Crippen LogP contribution in [0, 0.1) is 0 Å². The van der Waals surface area contributed by atoms with Crippen LogP contribution in [0.2, 0.25) is 0 Å². The molecule has 0 rings (SSSR count). The molecule has 13 heavy (non-hydrogen) atoms. The maximum absolute atomic E-state index is 11.0. The molecular formula is C9H21N3O. The van der Waals surface area contributed by atoms with Gasteiger partial charge in [0.2, 0.25) is 5.91 Å². The van der Waals surface area contributed by atoms with Crippen LogP contribution in [0.15, 0.2) is 0 Å². The van der Waals surface area contributed by atoms with Crippen LogP contribution in [0.25, 0.3) is 0 Å². The van der Waals surface area contributed by atoms with E-state index < -0.39 is 0 Å². The Balaban J connectivity index is 3.45. The number of nitrogens with one attached hydrogen (secondary N) is 2. The Kier molecular flexibility index (Phi) is 6.54. The predicted molar refractivity (Wildman–Crippen MR) is 54.7 cm³/mol. The second-order valence-electron chi connectivity index (χ2n) is 3.50. The van der Waals surface area contributed by atoms with Crippen molar-refractivity contribution in [3.63, 3.8) is 0 Å². The molecule has 78 valence electrons. The maximum Gasteiger partial charge on any atom is 0.233 e. The van der Waals surface area contributed by atoms with Gasteiger partial charge < -0.3 is 15.5 Å². The van der Waals surface area contributed by atoms with Crippen LogP contribution in [-0.2, 0) is 4.79 Å². The molecule has 0 bridgehead atoms. The van der Waals surface area contributed by atoms with Crippen LogP contribution in [0.3, 0.4) is 0 Å². The zero-order valence-corrected chi connectivity index (χ0v) is 9.05. The topological polar surface area (TPSA) is 44.4 Å². The molecule has 0 aliphatic heterocycles. The molecule has 0 aromatic carbocycles. The number of amides is 1. The van der Waals surface area contributed by atoms with E-state index in [9.17, 15) is 4.79 Å². The van der Waals surface area contributed by atoms with Gasteiger partial charge in [-0.2, -0.15) is 0 Å². The van der Waals surface area contributed by atoms with Gasteiger partial charge in [-0.3, -0.25) is 4.79 Å². The van der Waals surface area contributed by atoms with Gasteiger partial charge in [0.25, 0.3) is 0 Å². The number of likely N-dealkylation sites (N-methyl/N-ethyl adjacent to an activating group) is 2. The molecule has 4 nitrogen and oxygen atoms in total. The van der Waals surface area contributed by atoms with E-state index in [2.05, 4.69) is 22.5 Å². The summed E-state index contributed by atoms with van der Waals surface area (Å²) in [7, 11) is 4.04. The molecule has 1 atom stereocenters. The average molecular weight is 187 g/mol. The van der Waals surface area contributed by atoms with E-state index in [1.165, 1.54) is 0 Å². The standard InChI is InChI=1S/C9H21N3O/c1-5-10-9(13)6-11-8(2)7-12(3)4/h8,11H,5-7H2,1-4H3,(H,10,13). The van der Waals surface area contributed by atoms with E-state index in [4.69, 9.17) is 0 Å². The molecule has 0 aliphatic rings. The van der Waals surface area contributed by atoms with Crippen molar-refractivity contribution in [1.82, 2.24) is 15.5 Å². The Morgan fingerprint density at radius 2 is 2.08 bits per heavy atom. The van der Waals surface area contributed by atoms with Gasteiger partial charge in [0.05, 0.1) is 6.54 Å². The lowest BCUT2D eigenvalue weighted by molar-refractivity contribution is -0.120. The minimum absolute atomic E-state index is 0.0631. The van der Waals surface area contributed by atoms with Crippen molar-refractivity contribution in [2.75, 3.05) is 33.7 Å². The van der Waals surface area contributed by atoms with Crippen molar-refractivity contribution < 1.29 is 4.79 Å². The number of carbonyl (C=O) groups is 1. The van der Waals surface area contributed by atoms with Gasteiger partial charge in [-0.05, 0) is 27.9 Å². The molecule has 0 aromatic rings. The summed E-state index contributed by atoms with van der Waals surface area (Å²) in [5, 5.41) is 5.88. The second-order valence-corrected chi connectivity index (χ2v) is 3.50. The Morgan fingerprint density at radius 3 is 2.54 bits per heavy atom. The number of hydrogen-bond acceptors (Lipinski definition) is 3. The van der Waals surface area contributed by atoms with E-state index in [0.717, 1.165) is 6.54 Å². The molecule has 0 spiro atoms. The van der Waals surface area contributed by atoms with Crippen LogP contribution in [-0.4, -0.2) is 50.6 Å². The average Bonchev–Trinajstić information content (AvgIpc) is 2.00. The Hall–Kier alpha value is -0.610. The minimum Gasteiger partial charge on any atom is -0.355 e. The van der Waals surface area contributed by atoms with Crippen molar-refractivity contribution in [2.45, 2.75) is 19.9 Å². The number of nitrogens with zero attached hydrogens (tertiary/aromatic N) is 1. The highest BCUT2D eigenvalue weighted by Crippen LogP contribution is 1.83. The van der Waals surface area contributed by atoms with E-state index in [1.54, 1.807) is 0 Å². The molecule has 4 heteroatoms. The molecule has 0 fully saturated rings. The molecule has 0 heterocycles. The summed E-state index contributed by atoms with van der Waals surface area (Å²) in [6, 6.07) is 0.345. The molecule has 1 unspecified atom stereocenters. The normalized spacial score (nSPS) is 13.0. The van der Waals surface area contributed by atoms with Crippen molar-refractivity contribution in [3.8, 4) is 0 Å². The first-order valence-corrected chi connectivity index (χ1v) is 4.71. The van der Waals surface area contributed by atoms with Crippen molar-refractivity contribution in [1.29, 1.82) is 0 Å². The van der Waals surface area contributed by atoms with Crippen LogP contribution in [0.4, 0.5) is 0 Å². The molecule has 1 amide bonds. The van der Waals surface area contributed by atoms with E-state index in [-0.39, 0.29) is 5.91 Å². The Morgan fingerprint density at radius 1 is 1.46 bits per heavy atom. The summed E-state index contributed by atoms with van der Waals surface area (Å²) in [6.07, 6.45) is 0. The first kappa shape index (κ1) is 12.4. The van der Waals surface area contributed by atoms with Crippen molar-refractivity contribution >= 4 is 5.91 Å². The van der Waals surface area contributed by atoms with Crippen molar-refractivity contribution in [3.05, 3.63) is 0 Å². The van der Waals surface area contributed by atoms with Gasteiger partial charge in [0.15, 0.2) is 0 Å². The van der Waals surface area contributed by atoms with Crippen molar-refractivity contribution in [2.24, 2.45) is 0 Å². The third-order valence-corrected chi connectivity index (χ3v) is 1.62. The minimum atomic E-state index is 0.0631. The van der Waals surface area contributed by atoms with Crippen LogP contribution < -0.4 is 10.6 Å². The SMILES string of the molecule is CCNC(=O)CNC(C)CN(C)C. The fourth-order valence-electron chi connectivity index (χ4n) is 1.14. The third kappa shape index (κ3) is 7.74. The summed E-state index contributed by atoms with van der Waals surface area (Å²) in [5.41, 5.74) is 0. The molecule has 0 saturated carbocycles. The molecule has 2 N–H and O–H groups in total. The molecule has 0 radical (unpaired) electrons. The summed E-state index contributed by atoms with van der Waals surface area (Å²) in [5.74, 6) is 0.0631. The van der Waals surface area contributed by atoms with E-state index in [1.807, 2.05) is 21.0 Å². The van der Waals surface area contributed by atoms with Crippen LogP contribution >= 0.6 is 0 Å². The smallest absolute Gasteiger partial charge is 0.233 e. The van der Waals surface area contributed by atoms with Crippen LogP contribution in [0.1, 0.15) is 13.8 Å². The monoisotopic (exact) mass is 187 g/mol. The Bertz CT molecular complexity index is 148. The second kappa shape index (κ2) is 6.86. The van der Waals surface area contributed by atoms with Gasteiger partial charge in [-0.15, -0.1) is 0 Å². The number of carbonyl (C=O) groups excluding carboxylic acids is 1. The van der Waals surface area contributed by atoms with E-state index in [0.29, 0.717) is 19.1 Å². The van der Waals surface area contributed by atoms with Gasteiger partial charge >= 0.3 is 0 Å². The highest BCUT2D eigenvalue weighted by atomic mass is 16.1. The summed E-state index contributed by atoms with van der Waals surface area (Å²) in [6.45, 7) is 6.03. The lowest BCUT2D eigenvalue weighted by Gasteiger charge is -2.17. The molecular weight excluding hydrogens is 166 g/mol. The number of rotatable bonds is 6. The zero-order chi connectivity index (χ0) is 10.3. The lowest BCUT2D eigenvalue weighted by Crippen LogP contribution is -2.42. The third-order valence-electron chi connectivity index (χ3n) is 1.62.